The predicted molar refractivity (Wildman–Crippen MR) is 111 cm³/mol. The second-order valence-corrected chi connectivity index (χ2v) is 7.68. The van der Waals surface area contributed by atoms with Crippen molar-refractivity contribution in [1.29, 1.82) is 5.26 Å². The summed E-state index contributed by atoms with van der Waals surface area (Å²) >= 11 is 0. The zero-order valence-corrected chi connectivity index (χ0v) is 17.3. The third kappa shape index (κ3) is 4.21. The van der Waals surface area contributed by atoms with E-state index in [0.29, 0.717) is 61.1 Å². The van der Waals surface area contributed by atoms with Crippen molar-refractivity contribution in [2.45, 2.75) is 38.6 Å². The molecule has 0 aromatic carbocycles. The van der Waals surface area contributed by atoms with Crippen molar-refractivity contribution in [3.63, 3.8) is 0 Å². The Bertz CT molecular complexity index is 981. The van der Waals surface area contributed by atoms with Crippen LogP contribution in [-0.4, -0.2) is 69.3 Å². The van der Waals surface area contributed by atoms with Crippen LogP contribution in [0.3, 0.4) is 0 Å². The fraction of sp³-hybridized carbons (Fsp3) is 0.550. The number of likely N-dealkylation sites (tertiary alicyclic amines) is 1. The molecule has 3 rings (SSSR count). The Balaban J connectivity index is 2.00. The standard InChI is InChI=1S/C20H27N7O3/c1-13-6-10-26(17(28)5-9-22)12-15(13)25(2)18-14-7-11-27(20(29)30)19(14)24-16(23-18)4-3-8-21/h7,11,13,15H,3-6,8,10,12,21H2,1-2H3,(H,29,30)/t13-,15+/m1/s1. The van der Waals surface area contributed by atoms with Crippen molar-refractivity contribution < 1.29 is 14.7 Å². The quantitative estimate of drug-likeness (QED) is 0.724. The lowest BCUT2D eigenvalue weighted by Crippen LogP contribution is -2.52. The van der Waals surface area contributed by atoms with Crippen LogP contribution >= 0.6 is 0 Å². The van der Waals surface area contributed by atoms with Gasteiger partial charge in [-0.15, -0.1) is 0 Å². The number of rotatable bonds is 6. The normalized spacial score (nSPS) is 18.9. The van der Waals surface area contributed by atoms with Gasteiger partial charge in [-0.1, -0.05) is 6.92 Å². The van der Waals surface area contributed by atoms with Crippen LogP contribution in [-0.2, 0) is 11.2 Å². The number of fused-ring (bicyclic) bond motifs is 1. The van der Waals surface area contributed by atoms with Crippen molar-refractivity contribution >= 4 is 28.9 Å². The molecule has 0 saturated carbocycles. The van der Waals surface area contributed by atoms with Gasteiger partial charge in [0.2, 0.25) is 5.91 Å². The minimum Gasteiger partial charge on any atom is -0.464 e. The van der Waals surface area contributed by atoms with E-state index in [-0.39, 0.29) is 18.4 Å². The van der Waals surface area contributed by atoms with Gasteiger partial charge in [0.15, 0.2) is 5.65 Å². The SMILES string of the molecule is C[C@@H]1CCN(C(=O)CC#N)C[C@@H]1N(C)c1nc(CCCN)nc2c1ccn2C(=O)O. The first-order valence-electron chi connectivity index (χ1n) is 10.1. The molecule has 2 aromatic rings. The number of nitriles is 1. The Labute approximate surface area is 174 Å². The number of likely N-dealkylation sites (N-methyl/N-ethyl adjacent to an activating group) is 1. The van der Waals surface area contributed by atoms with E-state index in [9.17, 15) is 14.7 Å². The molecule has 0 radical (unpaired) electrons. The molecule has 0 spiro atoms. The van der Waals surface area contributed by atoms with E-state index in [1.165, 1.54) is 6.20 Å². The molecule has 1 fully saturated rings. The summed E-state index contributed by atoms with van der Waals surface area (Å²) in [5.41, 5.74) is 5.96. The highest BCUT2D eigenvalue weighted by Gasteiger charge is 2.33. The van der Waals surface area contributed by atoms with E-state index in [2.05, 4.69) is 11.9 Å². The minimum atomic E-state index is -1.11. The van der Waals surface area contributed by atoms with Crippen LogP contribution in [0.15, 0.2) is 12.3 Å². The van der Waals surface area contributed by atoms with Gasteiger partial charge in [0.05, 0.1) is 17.5 Å². The number of piperidine rings is 1. The first-order valence-corrected chi connectivity index (χ1v) is 10.1. The molecule has 160 valence electrons. The average Bonchev–Trinajstić information content (AvgIpc) is 3.16. The molecule has 3 N–H and O–H groups in total. The highest BCUT2D eigenvalue weighted by atomic mass is 16.4. The number of carbonyl (C=O) groups is 2. The fourth-order valence-corrected chi connectivity index (χ4v) is 3.95. The highest BCUT2D eigenvalue weighted by Crippen LogP contribution is 2.30. The molecule has 0 unspecified atom stereocenters. The summed E-state index contributed by atoms with van der Waals surface area (Å²) in [4.78, 5) is 36.8. The smallest absolute Gasteiger partial charge is 0.417 e. The summed E-state index contributed by atoms with van der Waals surface area (Å²) < 4.78 is 1.09. The van der Waals surface area contributed by atoms with Gasteiger partial charge in [-0.05, 0) is 31.4 Å². The lowest BCUT2D eigenvalue weighted by molar-refractivity contribution is -0.131. The number of aromatic nitrogens is 3. The second-order valence-electron chi connectivity index (χ2n) is 7.68. The van der Waals surface area contributed by atoms with Gasteiger partial charge in [-0.3, -0.25) is 4.79 Å². The van der Waals surface area contributed by atoms with Gasteiger partial charge >= 0.3 is 6.09 Å². The van der Waals surface area contributed by atoms with E-state index in [0.717, 1.165) is 11.0 Å². The first kappa shape index (κ1) is 21.5. The molecular weight excluding hydrogens is 386 g/mol. The summed E-state index contributed by atoms with van der Waals surface area (Å²) in [5, 5.41) is 19.0. The number of carboxylic acid groups (broad SMARTS) is 1. The third-order valence-electron chi connectivity index (χ3n) is 5.71. The molecule has 0 aliphatic carbocycles. The van der Waals surface area contributed by atoms with Gasteiger partial charge in [0.1, 0.15) is 18.1 Å². The maximum atomic E-state index is 12.3. The Morgan fingerprint density at radius 2 is 2.20 bits per heavy atom. The number of carbonyl (C=O) groups excluding carboxylic acids is 1. The monoisotopic (exact) mass is 413 g/mol. The summed E-state index contributed by atoms with van der Waals surface area (Å²) in [5.74, 6) is 1.30. The topological polar surface area (TPSA) is 141 Å². The molecular formula is C20H27N7O3. The van der Waals surface area contributed by atoms with Gasteiger partial charge in [-0.25, -0.2) is 19.3 Å². The van der Waals surface area contributed by atoms with Gasteiger partial charge in [0.25, 0.3) is 0 Å². The maximum Gasteiger partial charge on any atom is 0.417 e. The third-order valence-corrected chi connectivity index (χ3v) is 5.71. The van der Waals surface area contributed by atoms with Crippen LogP contribution in [0, 0.1) is 17.2 Å². The van der Waals surface area contributed by atoms with E-state index in [4.69, 9.17) is 16.0 Å². The van der Waals surface area contributed by atoms with Crippen molar-refractivity contribution in [3.8, 4) is 6.07 Å². The Morgan fingerprint density at radius 3 is 2.87 bits per heavy atom. The Morgan fingerprint density at radius 1 is 1.43 bits per heavy atom. The molecule has 0 bridgehead atoms. The number of anilines is 1. The largest absolute Gasteiger partial charge is 0.464 e. The van der Waals surface area contributed by atoms with Crippen LogP contribution in [0.2, 0.25) is 0 Å². The van der Waals surface area contributed by atoms with Crippen LogP contribution < -0.4 is 10.6 Å². The zero-order chi connectivity index (χ0) is 21.8. The van der Waals surface area contributed by atoms with E-state index < -0.39 is 6.09 Å². The molecule has 1 saturated heterocycles. The molecule has 2 aromatic heterocycles. The summed E-state index contributed by atoms with van der Waals surface area (Å²) in [6, 6.07) is 3.61. The molecule has 3 heterocycles. The summed E-state index contributed by atoms with van der Waals surface area (Å²) in [7, 11) is 1.91. The van der Waals surface area contributed by atoms with E-state index in [1.54, 1.807) is 11.0 Å². The van der Waals surface area contributed by atoms with Gasteiger partial charge in [0, 0.05) is 32.8 Å². The molecule has 10 heteroatoms. The Hall–Kier alpha value is -3.19. The number of aryl methyl sites for hydroxylation is 1. The van der Waals surface area contributed by atoms with Crippen LogP contribution in [0.1, 0.15) is 32.0 Å². The number of amides is 1. The molecule has 1 aliphatic rings. The molecule has 1 aliphatic heterocycles. The van der Waals surface area contributed by atoms with Gasteiger partial charge < -0.3 is 20.6 Å². The fourth-order valence-electron chi connectivity index (χ4n) is 3.95. The lowest BCUT2D eigenvalue weighted by Gasteiger charge is -2.42. The number of hydrogen-bond acceptors (Lipinski definition) is 7. The molecule has 30 heavy (non-hydrogen) atoms. The van der Waals surface area contributed by atoms with Crippen molar-refractivity contribution in [1.82, 2.24) is 19.4 Å². The van der Waals surface area contributed by atoms with Crippen molar-refractivity contribution in [2.24, 2.45) is 11.7 Å². The minimum absolute atomic E-state index is 0.0185. The predicted octanol–water partition coefficient (Wildman–Crippen LogP) is 1.44. The maximum absolute atomic E-state index is 12.3. The zero-order valence-electron chi connectivity index (χ0n) is 17.3. The van der Waals surface area contributed by atoms with E-state index in [1.807, 2.05) is 18.0 Å². The van der Waals surface area contributed by atoms with Crippen LogP contribution in [0.4, 0.5) is 10.6 Å². The second kappa shape index (κ2) is 9.09. The van der Waals surface area contributed by atoms with E-state index >= 15 is 0 Å². The average molecular weight is 413 g/mol. The van der Waals surface area contributed by atoms with Crippen molar-refractivity contribution in [3.05, 3.63) is 18.1 Å². The highest BCUT2D eigenvalue weighted by molar-refractivity contribution is 5.93. The number of nitrogens with two attached hydrogens (primary N) is 1. The van der Waals surface area contributed by atoms with Crippen molar-refractivity contribution in [2.75, 3.05) is 31.6 Å². The lowest BCUT2D eigenvalue weighted by atomic mass is 9.92. The number of nitrogens with zero attached hydrogens (tertiary/aromatic N) is 6. The summed E-state index contributed by atoms with van der Waals surface area (Å²) in [6.45, 7) is 3.73. The first-order chi connectivity index (χ1) is 14.4. The van der Waals surface area contributed by atoms with Crippen LogP contribution in [0.25, 0.3) is 11.0 Å². The van der Waals surface area contributed by atoms with Gasteiger partial charge in [-0.2, -0.15) is 5.26 Å². The summed E-state index contributed by atoms with van der Waals surface area (Å²) in [6.07, 6.45) is 2.29. The molecule has 10 nitrogen and oxygen atoms in total. The van der Waals surface area contributed by atoms with Crippen LogP contribution in [0.5, 0.6) is 0 Å². The molecule has 1 amide bonds. The number of hydrogen-bond donors (Lipinski definition) is 2. The molecule has 2 atom stereocenters. The Kier molecular flexibility index (Phi) is 6.52.